The summed E-state index contributed by atoms with van der Waals surface area (Å²) < 4.78 is 0. The highest BCUT2D eigenvalue weighted by Gasteiger charge is 1.98. The van der Waals surface area contributed by atoms with Crippen LogP contribution in [-0.4, -0.2) is 5.16 Å². The van der Waals surface area contributed by atoms with E-state index in [1.54, 1.807) is 12.1 Å². The van der Waals surface area contributed by atoms with E-state index in [1.165, 1.54) is 6.07 Å². The maximum atomic E-state index is 6.78. The Hall–Kier alpha value is -2.00. The van der Waals surface area contributed by atoms with Crippen LogP contribution >= 0.6 is 12.2 Å². The third kappa shape index (κ3) is 2.21. The molecule has 0 aliphatic heterocycles. The van der Waals surface area contributed by atoms with Gasteiger partial charge in [0.2, 0.25) is 0 Å². The average molecular weight is 185 g/mol. The van der Waals surface area contributed by atoms with E-state index < -0.39 is 0 Å². The monoisotopic (exact) mass is 185 g/mol. The SMILES string of the molecule is [C-]#[N+]c1cc(N=C=S)cc([N+]#[C-])c1. The molecular formula is C9H3N3S. The molecule has 0 aliphatic carbocycles. The quantitative estimate of drug-likeness (QED) is 0.372. The van der Waals surface area contributed by atoms with Crippen LogP contribution in [0.4, 0.5) is 17.1 Å². The Morgan fingerprint density at radius 3 is 2.08 bits per heavy atom. The van der Waals surface area contributed by atoms with Crippen LogP contribution in [0.15, 0.2) is 23.2 Å². The summed E-state index contributed by atoms with van der Waals surface area (Å²) in [7, 11) is 0. The minimum Gasteiger partial charge on any atom is -0.239 e. The van der Waals surface area contributed by atoms with E-state index in [-0.39, 0.29) is 0 Å². The van der Waals surface area contributed by atoms with Gasteiger partial charge >= 0.3 is 0 Å². The first-order chi connectivity index (χ1) is 6.30. The molecule has 1 rings (SSSR count). The zero-order chi connectivity index (χ0) is 9.68. The lowest BCUT2D eigenvalue weighted by Crippen LogP contribution is -1.64. The highest BCUT2D eigenvalue weighted by Crippen LogP contribution is 2.28. The fourth-order valence-electron chi connectivity index (χ4n) is 0.826. The predicted molar refractivity (Wildman–Crippen MR) is 53.7 cm³/mol. The summed E-state index contributed by atoms with van der Waals surface area (Å²) in [6.07, 6.45) is 0. The number of benzene rings is 1. The van der Waals surface area contributed by atoms with E-state index in [0.29, 0.717) is 17.1 Å². The van der Waals surface area contributed by atoms with Gasteiger partial charge in [0.1, 0.15) is 0 Å². The van der Waals surface area contributed by atoms with Crippen LogP contribution in [0.2, 0.25) is 0 Å². The third-order valence-electron chi connectivity index (χ3n) is 1.32. The average Bonchev–Trinajstić information content (AvgIpc) is 2.17. The van der Waals surface area contributed by atoms with Gasteiger partial charge in [-0.2, -0.15) is 4.99 Å². The van der Waals surface area contributed by atoms with Crippen LogP contribution in [0.1, 0.15) is 0 Å². The molecule has 0 aliphatic rings. The zero-order valence-corrected chi connectivity index (χ0v) is 7.30. The third-order valence-corrected chi connectivity index (χ3v) is 1.41. The zero-order valence-electron chi connectivity index (χ0n) is 6.48. The van der Waals surface area contributed by atoms with Gasteiger partial charge in [-0.3, -0.25) is 0 Å². The molecule has 0 bridgehead atoms. The molecule has 0 saturated carbocycles. The first kappa shape index (κ1) is 9.09. The van der Waals surface area contributed by atoms with Crippen molar-refractivity contribution in [3.05, 3.63) is 41.0 Å². The second-order valence-electron chi connectivity index (χ2n) is 2.13. The van der Waals surface area contributed by atoms with Gasteiger partial charge in [-0.25, -0.2) is 9.69 Å². The lowest BCUT2D eigenvalue weighted by atomic mass is 10.2. The lowest BCUT2D eigenvalue weighted by molar-refractivity contribution is 1.56. The number of rotatable bonds is 1. The number of aliphatic imine (C=N–C) groups is 1. The Morgan fingerprint density at radius 2 is 1.69 bits per heavy atom. The number of hydrogen-bond donors (Lipinski definition) is 0. The number of hydrogen-bond acceptors (Lipinski definition) is 2. The van der Waals surface area contributed by atoms with Crippen molar-refractivity contribution >= 4 is 34.4 Å². The molecule has 0 N–H and O–H groups in total. The van der Waals surface area contributed by atoms with Crippen molar-refractivity contribution in [3.8, 4) is 0 Å². The lowest BCUT2D eigenvalue weighted by Gasteiger charge is -1.94. The molecular weight excluding hydrogens is 182 g/mol. The molecule has 1 aromatic carbocycles. The molecule has 0 heterocycles. The Morgan fingerprint density at radius 1 is 1.15 bits per heavy atom. The summed E-state index contributed by atoms with van der Waals surface area (Å²) >= 11 is 4.42. The molecule has 0 aromatic heterocycles. The summed E-state index contributed by atoms with van der Waals surface area (Å²) in [5, 5.41) is 2.19. The largest absolute Gasteiger partial charge is 0.239 e. The molecule has 13 heavy (non-hydrogen) atoms. The normalized spacial score (nSPS) is 7.85. The van der Waals surface area contributed by atoms with Crippen molar-refractivity contribution in [3.63, 3.8) is 0 Å². The summed E-state index contributed by atoms with van der Waals surface area (Å²) in [5.74, 6) is 0. The summed E-state index contributed by atoms with van der Waals surface area (Å²) in [6.45, 7) is 13.6. The highest BCUT2D eigenvalue weighted by molar-refractivity contribution is 7.78. The van der Waals surface area contributed by atoms with Gasteiger partial charge in [0.15, 0.2) is 11.4 Å². The molecule has 60 valence electrons. The van der Waals surface area contributed by atoms with Crippen LogP contribution < -0.4 is 0 Å². The topological polar surface area (TPSA) is 21.1 Å². The van der Waals surface area contributed by atoms with Crippen LogP contribution in [0.25, 0.3) is 9.69 Å². The molecule has 0 fully saturated rings. The number of isothiocyanates is 1. The smallest absolute Gasteiger partial charge is 0.179 e. The fraction of sp³-hybridized carbons (Fsp3) is 0. The molecule has 3 nitrogen and oxygen atoms in total. The predicted octanol–water partition coefficient (Wildman–Crippen LogP) is 3.52. The van der Waals surface area contributed by atoms with Gasteiger partial charge in [0, 0.05) is 0 Å². The number of thiocarbonyl (C=S) groups is 1. The fourth-order valence-corrected chi connectivity index (χ4v) is 0.931. The van der Waals surface area contributed by atoms with E-state index >= 15 is 0 Å². The van der Waals surface area contributed by atoms with Gasteiger partial charge in [-0.05, 0) is 24.4 Å². The maximum absolute atomic E-state index is 6.78. The summed E-state index contributed by atoms with van der Waals surface area (Å²) in [4.78, 5) is 10.1. The van der Waals surface area contributed by atoms with Gasteiger partial charge in [0.05, 0.1) is 24.0 Å². The maximum Gasteiger partial charge on any atom is 0.179 e. The molecule has 0 saturated heterocycles. The van der Waals surface area contributed by atoms with Gasteiger partial charge in [0.25, 0.3) is 0 Å². The van der Waals surface area contributed by atoms with Gasteiger partial charge in [-0.1, -0.05) is 6.07 Å². The first-order valence-electron chi connectivity index (χ1n) is 3.28. The molecule has 0 atom stereocenters. The molecule has 0 unspecified atom stereocenters. The van der Waals surface area contributed by atoms with Gasteiger partial charge < -0.3 is 0 Å². The van der Waals surface area contributed by atoms with E-state index in [0.717, 1.165) is 0 Å². The first-order valence-corrected chi connectivity index (χ1v) is 3.69. The molecule has 1 aromatic rings. The van der Waals surface area contributed by atoms with Crippen LogP contribution in [0, 0.1) is 13.1 Å². The highest BCUT2D eigenvalue weighted by atomic mass is 32.1. The Kier molecular flexibility index (Phi) is 2.89. The minimum atomic E-state index is 0.387. The summed E-state index contributed by atoms with van der Waals surface area (Å²) in [6, 6.07) is 4.62. The van der Waals surface area contributed by atoms with Crippen molar-refractivity contribution in [1.29, 1.82) is 0 Å². The van der Waals surface area contributed by atoms with E-state index in [4.69, 9.17) is 13.1 Å². The minimum absolute atomic E-state index is 0.387. The Bertz CT molecular complexity index is 426. The second-order valence-corrected chi connectivity index (χ2v) is 2.32. The van der Waals surface area contributed by atoms with E-state index in [2.05, 4.69) is 32.1 Å². The molecule has 0 spiro atoms. The van der Waals surface area contributed by atoms with Crippen molar-refractivity contribution in [2.75, 3.05) is 0 Å². The Labute approximate surface area is 81.0 Å². The Balaban J connectivity index is 3.34. The number of nitrogens with zero attached hydrogens (tertiary/aromatic N) is 3. The van der Waals surface area contributed by atoms with Crippen molar-refractivity contribution in [2.24, 2.45) is 4.99 Å². The van der Waals surface area contributed by atoms with E-state index in [9.17, 15) is 0 Å². The second kappa shape index (κ2) is 4.13. The standard InChI is InChI=1S/C9H3N3S/c1-10-7-3-8(11-2)5-9(4-7)12-6-13/h3-5H. The van der Waals surface area contributed by atoms with E-state index in [1.807, 2.05) is 0 Å². The van der Waals surface area contributed by atoms with Crippen LogP contribution in [0.5, 0.6) is 0 Å². The van der Waals surface area contributed by atoms with Crippen molar-refractivity contribution in [2.45, 2.75) is 0 Å². The van der Waals surface area contributed by atoms with Crippen LogP contribution in [0.3, 0.4) is 0 Å². The molecule has 0 amide bonds. The summed E-state index contributed by atoms with van der Waals surface area (Å²) in [5.41, 5.74) is 1.27. The van der Waals surface area contributed by atoms with Gasteiger partial charge in [-0.15, -0.1) is 0 Å². The van der Waals surface area contributed by atoms with Crippen molar-refractivity contribution < 1.29 is 0 Å². The van der Waals surface area contributed by atoms with Crippen molar-refractivity contribution in [1.82, 2.24) is 0 Å². The molecule has 4 heteroatoms. The molecule has 0 radical (unpaired) electrons. The van der Waals surface area contributed by atoms with Crippen LogP contribution in [-0.2, 0) is 0 Å².